The predicted molar refractivity (Wildman–Crippen MR) is 247 cm³/mol. The van der Waals surface area contributed by atoms with E-state index in [0.717, 1.165) is 17.1 Å². The van der Waals surface area contributed by atoms with Crippen molar-refractivity contribution in [2.24, 2.45) is 0 Å². The summed E-state index contributed by atoms with van der Waals surface area (Å²) >= 11 is 0. The number of hydrogen-bond donors (Lipinski definition) is 0. The summed E-state index contributed by atoms with van der Waals surface area (Å²) in [5.74, 6) is 0. The third-order valence-corrected chi connectivity index (χ3v) is 13.2. The van der Waals surface area contributed by atoms with Crippen molar-refractivity contribution in [3.8, 4) is 27.9 Å². The number of fused-ring (bicyclic) bond motifs is 8. The summed E-state index contributed by atoms with van der Waals surface area (Å²) in [7, 11) is 0. The van der Waals surface area contributed by atoms with Crippen molar-refractivity contribution in [3.05, 3.63) is 241 Å². The van der Waals surface area contributed by atoms with E-state index in [1.54, 1.807) is 0 Å². The molecule has 0 N–H and O–H groups in total. The third kappa shape index (κ3) is 4.25. The molecule has 2 heteroatoms. The zero-order chi connectivity index (χ0) is 38.7. The van der Waals surface area contributed by atoms with Crippen molar-refractivity contribution >= 4 is 60.4 Å². The number of benzene rings is 10. The smallest absolute Gasteiger partial charge is 0.0726 e. The first-order chi connectivity index (χ1) is 29.3. The van der Waals surface area contributed by atoms with E-state index in [0.29, 0.717) is 0 Å². The van der Waals surface area contributed by atoms with Crippen molar-refractivity contribution in [2.75, 3.05) is 4.90 Å². The Hall–Kier alpha value is -7.68. The van der Waals surface area contributed by atoms with E-state index in [4.69, 9.17) is 0 Å². The van der Waals surface area contributed by atoms with Crippen molar-refractivity contribution in [2.45, 2.75) is 5.41 Å². The molecule has 0 aliphatic heterocycles. The van der Waals surface area contributed by atoms with E-state index in [1.807, 2.05) is 0 Å². The van der Waals surface area contributed by atoms with Gasteiger partial charge in [-0.3, -0.25) is 0 Å². The Bertz CT molecular complexity index is 3400. The predicted octanol–water partition coefficient (Wildman–Crippen LogP) is 14.9. The van der Waals surface area contributed by atoms with E-state index < -0.39 is 5.41 Å². The van der Waals surface area contributed by atoms with Gasteiger partial charge in [0.2, 0.25) is 0 Å². The Kier molecular flexibility index (Phi) is 6.68. The Morgan fingerprint density at radius 2 is 0.881 bits per heavy atom. The SMILES string of the molecule is c1ccc(-c2ccc(-n3c4cccc5c4c4c6c(ccc(N(c7ccccc7)c7ccccc7)c6ccc43)C53c4ccccc4-c4ccccc43)c3ccccc23)cc1. The van der Waals surface area contributed by atoms with Gasteiger partial charge in [-0.25, -0.2) is 0 Å². The Morgan fingerprint density at radius 3 is 1.58 bits per heavy atom. The Morgan fingerprint density at radius 1 is 0.322 bits per heavy atom. The molecule has 0 fully saturated rings. The summed E-state index contributed by atoms with van der Waals surface area (Å²) in [5.41, 5.74) is 17.0. The lowest BCUT2D eigenvalue weighted by atomic mass is 9.63. The van der Waals surface area contributed by atoms with Gasteiger partial charge in [-0.05, 0) is 104 Å². The van der Waals surface area contributed by atoms with E-state index in [1.165, 1.54) is 93.5 Å². The maximum atomic E-state index is 2.55. The standard InChI is InChI=1S/C57H36N2/c1-4-17-37(18-5-1)40-31-34-50(44-26-11-10-23-41(40)44)59-52-30-16-29-48-55(52)56-53(59)35-32-45-51(58(38-19-6-2-7-20-38)39-21-8-3-9-22-39)36-33-49(54(45)56)57(48)46-27-14-12-24-42(46)43-25-13-15-28-47(43)57/h1-36H. The van der Waals surface area contributed by atoms with Gasteiger partial charge in [0, 0.05) is 32.9 Å². The average Bonchev–Trinajstić information content (AvgIpc) is 3.80. The molecule has 13 rings (SSSR count). The van der Waals surface area contributed by atoms with Gasteiger partial charge in [0.1, 0.15) is 0 Å². The monoisotopic (exact) mass is 748 g/mol. The van der Waals surface area contributed by atoms with Crippen molar-refractivity contribution in [1.29, 1.82) is 0 Å². The fraction of sp³-hybridized carbons (Fsp3) is 0.0175. The van der Waals surface area contributed by atoms with E-state index in [9.17, 15) is 0 Å². The molecule has 0 amide bonds. The number of anilines is 3. The normalized spacial score (nSPS) is 13.2. The summed E-state index contributed by atoms with van der Waals surface area (Å²) in [6.45, 7) is 0. The van der Waals surface area contributed by atoms with Gasteiger partial charge in [-0.15, -0.1) is 0 Å². The molecule has 0 atom stereocenters. The van der Waals surface area contributed by atoms with Crippen molar-refractivity contribution in [3.63, 3.8) is 0 Å². The molecule has 1 aromatic heterocycles. The molecule has 2 aliphatic carbocycles. The van der Waals surface area contributed by atoms with Gasteiger partial charge in [0.15, 0.2) is 0 Å². The molecule has 0 saturated heterocycles. The number of hydrogen-bond acceptors (Lipinski definition) is 1. The van der Waals surface area contributed by atoms with Crippen LogP contribution >= 0.6 is 0 Å². The van der Waals surface area contributed by atoms with Crippen LogP contribution in [0.3, 0.4) is 0 Å². The zero-order valence-corrected chi connectivity index (χ0v) is 32.2. The van der Waals surface area contributed by atoms with E-state index >= 15 is 0 Å². The van der Waals surface area contributed by atoms with Crippen molar-refractivity contribution < 1.29 is 0 Å². The average molecular weight is 749 g/mol. The molecular formula is C57H36N2. The van der Waals surface area contributed by atoms with Crippen LogP contribution in [0, 0.1) is 0 Å². The number of para-hydroxylation sites is 2. The Balaban J connectivity index is 1.21. The second-order valence-corrected chi connectivity index (χ2v) is 15.9. The highest BCUT2D eigenvalue weighted by Crippen LogP contribution is 2.63. The molecule has 274 valence electrons. The zero-order valence-electron chi connectivity index (χ0n) is 32.2. The van der Waals surface area contributed by atoms with Gasteiger partial charge in [0.05, 0.1) is 27.8 Å². The second-order valence-electron chi connectivity index (χ2n) is 15.9. The third-order valence-electron chi connectivity index (χ3n) is 13.2. The molecule has 0 bridgehead atoms. The lowest BCUT2D eigenvalue weighted by molar-refractivity contribution is 0.783. The fourth-order valence-electron chi connectivity index (χ4n) is 10.9. The minimum atomic E-state index is -0.513. The van der Waals surface area contributed by atoms with Crippen LogP contribution in [0.2, 0.25) is 0 Å². The Labute approximate surface area is 342 Å². The summed E-state index contributed by atoms with van der Waals surface area (Å²) in [5, 5.41) is 7.67. The second kappa shape index (κ2) is 12.2. The molecule has 0 unspecified atom stereocenters. The molecule has 11 aromatic rings. The summed E-state index contributed by atoms with van der Waals surface area (Å²) < 4.78 is 2.55. The number of aromatic nitrogens is 1. The summed E-state index contributed by atoms with van der Waals surface area (Å²) in [6, 6.07) is 80.9. The van der Waals surface area contributed by atoms with Crippen LogP contribution in [-0.4, -0.2) is 4.57 Å². The lowest BCUT2D eigenvalue weighted by Crippen LogP contribution is -2.30. The van der Waals surface area contributed by atoms with Gasteiger partial charge in [-0.1, -0.05) is 170 Å². The van der Waals surface area contributed by atoms with Crippen LogP contribution in [0.1, 0.15) is 22.3 Å². The maximum absolute atomic E-state index is 2.55. The summed E-state index contributed by atoms with van der Waals surface area (Å²) in [6.07, 6.45) is 0. The van der Waals surface area contributed by atoms with Crippen LogP contribution in [0.25, 0.3) is 71.3 Å². The molecule has 59 heavy (non-hydrogen) atoms. The molecule has 1 heterocycles. The molecule has 1 spiro atoms. The minimum absolute atomic E-state index is 0.513. The largest absolute Gasteiger partial charge is 0.310 e. The molecule has 2 aliphatic rings. The van der Waals surface area contributed by atoms with Gasteiger partial charge < -0.3 is 9.47 Å². The quantitative estimate of drug-likeness (QED) is 0.170. The summed E-state index contributed by atoms with van der Waals surface area (Å²) in [4.78, 5) is 2.43. The van der Waals surface area contributed by atoms with Crippen LogP contribution in [-0.2, 0) is 5.41 Å². The molecule has 10 aromatic carbocycles. The van der Waals surface area contributed by atoms with Crippen LogP contribution < -0.4 is 4.90 Å². The molecule has 2 nitrogen and oxygen atoms in total. The van der Waals surface area contributed by atoms with Gasteiger partial charge in [0.25, 0.3) is 0 Å². The molecular weight excluding hydrogens is 713 g/mol. The minimum Gasteiger partial charge on any atom is -0.310 e. The highest BCUT2D eigenvalue weighted by atomic mass is 15.1. The fourth-order valence-corrected chi connectivity index (χ4v) is 10.9. The first-order valence-electron chi connectivity index (χ1n) is 20.5. The maximum Gasteiger partial charge on any atom is 0.0726 e. The van der Waals surface area contributed by atoms with Crippen LogP contribution in [0.15, 0.2) is 218 Å². The van der Waals surface area contributed by atoms with Crippen LogP contribution in [0.4, 0.5) is 17.1 Å². The first-order valence-corrected chi connectivity index (χ1v) is 20.5. The van der Waals surface area contributed by atoms with E-state index in [2.05, 4.69) is 228 Å². The van der Waals surface area contributed by atoms with Gasteiger partial charge in [-0.2, -0.15) is 0 Å². The lowest BCUT2D eigenvalue weighted by Gasteiger charge is -2.38. The first kappa shape index (κ1) is 32.4. The number of rotatable bonds is 5. The van der Waals surface area contributed by atoms with E-state index in [-0.39, 0.29) is 0 Å². The highest BCUT2D eigenvalue weighted by molar-refractivity contribution is 6.28. The molecule has 0 saturated carbocycles. The number of nitrogens with zero attached hydrogens (tertiary/aromatic N) is 2. The molecule has 0 radical (unpaired) electrons. The van der Waals surface area contributed by atoms with Crippen LogP contribution in [0.5, 0.6) is 0 Å². The topological polar surface area (TPSA) is 8.17 Å². The van der Waals surface area contributed by atoms with Crippen molar-refractivity contribution in [1.82, 2.24) is 4.57 Å². The highest BCUT2D eigenvalue weighted by Gasteiger charge is 2.50. The van der Waals surface area contributed by atoms with Gasteiger partial charge >= 0.3 is 0 Å².